The zero-order valence-electron chi connectivity index (χ0n) is 18.7. The lowest BCUT2D eigenvalue weighted by atomic mass is 10.2. The van der Waals surface area contributed by atoms with Gasteiger partial charge in [0.05, 0.1) is 21.0 Å². The van der Waals surface area contributed by atoms with Crippen molar-refractivity contribution in [3.05, 3.63) is 42.7 Å². The molecule has 9 heteroatoms. The molecule has 1 fully saturated rings. The molecule has 0 radical (unpaired) electrons. The second-order valence-corrected chi connectivity index (χ2v) is 10.6. The Bertz CT molecular complexity index is 1200. The highest BCUT2D eigenvalue weighted by Gasteiger charge is 2.27. The van der Waals surface area contributed by atoms with Crippen molar-refractivity contribution in [2.45, 2.75) is 59.0 Å². The van der Waals surface area contributed by atoms with E-state index in [1.807, 2.05) is 16.4 Å². The monoisotopic (exact) mass is 471 g/mol. The van der Waals surface area contributed by atoms with Gasteiger partial charge in [0.2, 0.25) is 0 Å². The fourth-order valence-corrected chi connectivity index (χ4v) is 6.57. The Hall–Kier alpha value is -2.10. The number of amides is 1. The maximum absolute atomic E-state index is 13.4. The zero-order chi connectivity index (χ0) is 22.2. The average Bonchev–Trinajstić information content (AvgIpc) is 3.30. The number of aryl methyl sites for hydroxylation is 3. The molecule has 1 amide bonds. The summed E-state index contributed by atoms with van der Waals surface area (Å²) in [5, 5.41) is 3.96. The van der Waals surface area contributed by atoms with Gasteiger partial charge in [0.1, 0.15) is 10.7 Å². The van der Waals surface area contributed by atoms with E-state index in [0.29, 0.717) is 23.4 Å². The first-order valence-corrected chi connectivity index (χ1v) is 13.2. The van der Waals surface area contributed by atoms with Crippen LogP contribution in [0.4, 0.5) is 0 Å². The molecule has 3 aromatic rings. The Labute approximate surface area is 195 Å². The Kier molecular flexibility index (Phi) is 6.14. The van der Waals surface area contributed by atoms with Gasteiger partial charge in [0.15, 0.2) is 0 Å². The fourth-order valence-electron chi connectivity index (χ4n) is 4.68. The van der Waals surface area contributed by atoms with Crippen molar-refractivity contribution in [3.63, 3.8) is 0 Å². The smallest absolute Gasteiger partial charge is 0.264 e. The molecule has 32 heavy (non-hydrogen) atoms. The molecule has 170 valence electrons. The van der Waals surface area contributed by atoms with Crippen LogP contribution in [-0.2, 0) is 25.9 Å². The van der Waals surface area contributed by atoms with Crippen LogP contribution in [0.2, 0.25) is 0 Å². The molecule has 1 saturated heterocycles. The predicted molar refractivity (Wildman–Crippen MR) is 129 cm³/mol. The quantitative estimate of drug-likeness (QED) is 0.583. The molecule has 5 rings (SSSR count). The molecular weight excluding hydrogens is 442 g/mol. The van der Waals surface area contributed by atoms with Gasteiger partial charge in [-0.15, -0.1) is 22.7 Å². The molecule has 3 aromatic heterocycles. The summed E-state index contributed by atoms with van der Waals surface area (Å²) >= 11 is 3.11. The third kappa shape index (κ3) is 4.02. The number of carbonyl (C=O) groups excluding carboxylic acids is 1. The summed E-state index contributed by atoms with van der Waals surface area (Å²) in [5.74, 6) is 0.911. The van der Waals surface area contributed by atoms with Crippen molar-refractivity contribution < 1.29 is 4.79 Å². The van der Waals surface area contributed by atoms with Crippen LogP contribution in [0.3, 0.4) is 0 Å². The Morgan fingerprint density at radius 2 is 1.91 bits per heavy atom. The first-order valence-electron chi connectivity index (χ1n) is 11.5. The molecule has 0 aromatic carbocycles. The minimum atomic E-state index is 0.0271. The van der Waals surface area contributed by atoms with Gasteiger partial charge >= 0.3 is 0 Å². The fraction of sp³-hybridized carbons (Fsp3) is 0.565. The van der Waals surface area contributed by atoms with E-state index in [4.69, 9.17) is 4.98 Å². The SMILES string of the molecule is CCc1nc(CN2CCN(C(=O)c3sc4nc5n(c(=O)c4c3C)CCCCC5)CC2)cs1. The molecule has 0 atom stereocenters. The van der Waals surface area contributed by atoms with E-state index in [-0.39, 0.29) is 11.5 Å². The van der Waals surface area contributed by atoms with Crippen molar-refractivity contribution in [3.8, 4) is 0 Å². The van der Waals surface area contributed by atoms with Crippen LogP contribution >= 0.6 is 22.7 Å². The average molecular weight is 472 g/mol. The van der Waals surface area contributed by atoms with E-state index < -0.39 is 0 Å². The lowest BCUT2D eigenvalue weighted by Crippen LogP contribution is -2.48. The Morgan fingerprint density at radius 1 is 1.09 bits per heavy atom. The minimum absolute atomic E-state index is 0.0271. The second-order valence-electron chi connectivity index (χ2n) is 8.69. The first-order chi connectivity index (χ1) is 15.5. The van der Waals surface area contributed by atoms with Crippen LogP contribution in [-0.4, -0.2) is 56.4 Å². The van der Waals surface area contributed by atoms with E-state index in [9.17, 15) is 9.59 Å². The van der Waals surface area contributed by atoms with Crippen LogP contribution in [0.5, 0.6) is 0 Å². The maximum Gasteiger partial charge on any atom is 0.264 e. The third-order valence-corrected chi connectivity index (χ3v) is 8.77. The van der Waals surface area contributed by atoms with E-state index in [1.165, 1.54) is 16.3 Å². The van der Waals surface area contributed by atoms with Gasteiger partial charge in [0, 0.05) is 51.1 Å². The summed E-state index contributed by atoms with van der Waals surface area (Å²) in [6.07, 6.45) is 5.03. The van der Waals surface area contributed by atoms with Gasteiger partial charge in [-0.2, -0.15) is 0 Å². The van der Waals surface area contributed by atoms with Crippen LogP contribution in [0.1, 0.15) is 57.9 Å². The predicted octanol–water partition coefficient (Wildman–Crippen LogP) is 3.47. The largest absolute Gasteiger partial charge is 0.335 e. The summed E-state index contributed by atoms with van der Waals surface area (Å²) in [4.78, 5) is 41.7. The highest BCUT2D eigenvalue weighted by Crippen LogP contribution is 2.30. The van der Waals surface area contributed by atoms with Crippen LogP contribution < -0.4 is 5.56 Å². The molecule has 2 aliphatic rings. The molecule has 0 aliphatic carbocycles. The van der Waals surface area contributed by atoms with E-state index in [1.54, 1.807) is 11.3 Å². The van der Waals surface area contributed by atoms with Gasteiger partial charge in [-0.25, -0.2) is 9.97 Å². The Morgan fingerprint density at radius 3 is 2.66 bits per heavy atom. The summed E-state index contributed by atoms with van der Waals surface area (Å²) in [7, 11) is 0. The minimum Gasteiger partial charge on any atom is -0.335 e. The second kappa shape index (κ2) is 9.03. The number of thiazole rings is 1. The molecule has 0 unspecified atom stereocenters. The summed E-state index contributed by atoms with van der Waals surface area (Å²) in [6.45, 7) is 8.67. The van der Waals surface area contributed by atoms with Gasteiger partial charge < -0.3 is 4.90 Å². The van der Waals surface area contributed by atoms with E-state index in [0.717, 1.165) is 80.2 Å². The molecule has 7 nitrogen and oxygen atoms in total. The van der Waals surface area contributed by atoms with Gasteiger partial charge in [-0.05, 0) is 31.7 Å². The highest BCUT2D eigenvalue weighted by atomic mass is 32.1. The molecule has 0 bridgehead atoms. The number of nitrogens with zero attached hydrogens (tertiary/aromatic N) is 5. The van der Waals surface area contributed by atoms with E-state index >= 15 is 0 Å². The van der Waals surface area contributed by atoms with Crippen molar-refractivity contribution >= 4 is 38.8 Å². The number of hydrogen-bond donors (Lipinski definition) is 0. The summed E-state index contributed by atoms with van der Waals surface area (Å²) in [6, 6.07) is 0. The molecule has 0 saturated carbocycles. The van der Waals surface area contributed by atoms with E-state index in [2.05, 4.69) is 22.2 Å². The maximum atomic E-state index is 13.4. The van der Waals surface area contributed by atoms with Crippen LogP contribution in [0.15, 0.2) is 10.2 Å². The van der Waals surface area contributed by atoms with Gasteiger partial charge in [-0.3, -0.25) is 19.1 Å². The first kappa shape index (κ1) is 21.7. The summed E-state index contributed by atoms with van der Waals surface area (Å²) in [5.41, 5.74) is 1.95. The number of hydrogen-bond acceptors (Lipinski definition) is 7. The molecule has 0 N–H and O–H groups in total. The van der Waals surface area contributed by atoms with Crippen molar-refractivity contribution in [1.82, 2.24) is 24.3 Å². The van der Waals surface area contributed by atoms with Gasteiger partial charge in [-0.1, -0.05) is 13.3 Å². The van der Waals surface area contributed by atoms with Crippen molar-refractivity contribution in [2.24, 2.45) is 0 Å². The number of aromatic nitrogens is 3. The zero-order valence-corrected chi connectivity index (χ0v) is 20.4. The third-order valence-electron chi connectivity index (χ3n) is 6.55. The molecule has 2 aliphatic heterocycles. The van der Waals surface area contributed by atoms with Gasteiger partial charge in [0.25, 0.3) is 11.5 Å². The molecular formula is C23H29N5O2S2. The number of piperazine rings is 1. The van der Waals surface area contributed by atoms with Crippen molar-refractivity contribution in [2.75, 3.05) is 26.2 Å². The lowest BCUT2D eigenvalue weighted by Gasteiger charge is -2.34. The number of fused-ring (bicyclic) bond motifs is 2. The van der Waals surface area contributed by atoms with Crippen LogP contribution in [0, 0.1) is 6.92 Å². The molecule has 0 spiro atoms. The highest BCUT2D eigenvalue weighted by molar-refractivity contribution is 7.20. The normalized spacial score (nSPS) is 17.5. The topological polar surface area (TPSA) is 71.3 Å². The van der Waals surface area contributed by atoms with Crippen molar-refractivity contribution in [1.29, 1.82) is 0 Å². The lowest BCUT2D eigenvalue weighted by molar-refractivity contribution is 0.0631. The molecule has 5 heterocycles. The number of thiophene rings is 1. The standard InChI is InChI=1S/C23H29N5O2S2/c1-3-18-24-16(14-31-18)13-26-9-11-27(12-10-26)23(30)20-15(2)19-21(32-20)25-17-7-5-4-6-8-28(17)22(19)29/h14H,3-13H2,1-2H3. The number of carbonyl (C=O) groups is 1. The Balaban J connectivity index is 1.32. The summed E-state index contributed by atoms with van der Waals surface area (Å²) < 4.78 is 1.84. The number of rotatable bonds is 4. The van der Waals surface area contributed by atoms with Crippen LogP contribution in [0.25, 0.3) is 10.2 Å².